The van der Waals surface area contributed by atoms with Crippen molar-refractivity contribution in [2.75, 3.05) is 6.54 Å². The van der Waals surface area contributed by atoms with Crippen LogP contribution in [0.5, 0.6) is 0 Å². The number of carbonyl (C=O) groups is 1. The van der Waals surface area contributed by atoms with Gasteiger partial charge in [0.05, 0.1) is 18.5 Å². The number of nitrogens with zero attached hydrogens (tertiary/aromatic N) is 1. The summed E-state index contributed by atoms with van der Waals surface area (Å²) in [6.45, 7) is 4.42. The number of carbonyl (C=O) groups excluding carboxylic acids is 1. The monoisotopic (exact) mass is 183 g/mol. The van der Waals surface area contributed by atoms with Crippen LogP contribution in [0.2, 0.25) is 0 Å². The third kappa shape index (κ3) is 6.12. The fourth-order valence-corrected chi connectivity index (χ4v) is 0.988. The lowest BCUT2D eigenvalue weighted by Gasteiger charge is -2.13. The molecule has 4 heteroatoms. The molecule has 1 unspecified atom stereocenters. The average molecular weight is 183 g/mol. The maximum Gasteiger partial charge on any atom is 0.236 e. The quantitative estimate of drug-likeness (QED) is 0.605. The van der Waals surface area contributed by atoms with Crippen molar-refractivity contribution >= 4 is 5.91 Å². The van der Waals surface area contributed by atoms with Crippen molar-refractivity contribution in [2.24, 2.45) is 11.7 Å². The Labute approximate surface area is 79.1 Å². The molecule has 0 aromatic rings. The summed E-state index contributed by atoms with van der Waals surface area (Å²) in [5.41, 5.74) is 5.61. The fraction of sp³-hybridized carbons (Fsp3) is 0.778. The van der Waals surface area contributed by atoms with Gasteiger partial charge < -0.3 is 11.1 Å². The molecule has 0 aromatic heterocycles. The van der Waals surface area contributed by atoms with Crippen molar-refractivity contribution in [3.05, 3.63) is 0 Å². The van der Waals surface area contributed by atoms with Crippen LogP contribution < -0.4 is 11.1 Å². The van der Waals surface area contributed by atoms with Gasteiger partial charge >= 0.3 is 0 Å². The highest BCUT2D eigenvalue weighted by atomic mass is 16.2. The van der Waals surface area contributed by atoms with Gasteiger partial charge in [0.2, 0.25) is 5.91 Å². The van der Waals surface area contributed by atoms with E-state index in [1.54, 1.807) is 0 Å². The molecule has 0 heterocycles. The van der Waals surface area contributed by atoms with Gasteiger partial charge in [-0.05, 0) is 12.3 Å². The number of nitrogens with one attached hydrogen (secondary N) is 1. The summed E-state index contributed by atoms with van der Waals surface area (Å²) in [4.78, 5) is 11.2. The molecule has 0 rings (SSSR count). The Balaban J connectivity index is 3.64. The Morgan fingerprint density at radius 2 is 2.23 bits per heavy atom. The molecular weight excluding hydrogens is 166 g/mol. The molecule has 0 fully saturated rings. The van der Waals surface area contributed by atoms with Gasteiger partial charge in [0.15, 0.2) is 0 Å². The van der Waals surface area contributed by atoms with E-state index in [4.69, 9.17) is 11.0 Å². The van der Waals surface area contributed by atoms with Gasteiger partial charge in [-0.3, -0.25) is 4.79 Å². The lowest BCUT2D eigenvalue weighted by Crippen LogP contribution is -2.41. The molecule has 1 amide bonds. The minimum Gasteiger partial charge on any atom is -0.354 e. The minimum atomic E-state index is -0.446. The third-order valence-electron chi connectivity index (χ3n) is 1.60. The van der Waals surface area contributed by atoms with E-state index in [9.17, 15) is 4.79 Å². The molecule has 0 spiro atoms. The Hall–Kier alpha value is -1.08. The van der Waals surface area contributed by atoms with E-state index in [0.717, 1.165) is 0 Å². The number of nitriles is 1. The number of hydrogen-bond acceptors (Lipinski definition) is 3. The van der Waals surface area contributed by atoms with Gasteiger partial charge in [-0.2, -0.15) is 5.26 Å². The van der Waals surface area contributed by atoms with Crippen molar-refractivity contribution in [3.63, 3.8) is 0 Å². The van der Waals surface area contributed by atoms with E-state index >= 15 is 0 Å². The van der Waals surface area contributed by atoms with Gasteiger partial charge in [0, 0.05) is 6.54 Å². The second-order valence-corrected chi connectivity index (χ2v) is 3.44. The second kappa shape index (κ2) is 6.44. The zero-order valence-corrected chi connectivity index (χ0v) is 8.21. The Morgan fingerprint density at radius 1 is 1.62 bits per heavy atom. The maximum atomic E-state index is 11.2. The van der Waals surface area contributed by atoms with Crippen LogP contribution in [0.15, 0.2) is 0 Å². The molecule has 13 heavy (non-hydrogen) atoms. The number of nitrogens with two attached hydrogens (primary N) is 1. The topological polar surface area (TPSA) is 78.9 Å². The van der Waals surface area contributed by atoms with Crippen LogP contribution in [-0.2, 0) is 4.79 Å². The average Bonchev–Trinajstić information content (AvgIpc) is 2.03. The first-order valence-electron chi connectivity index (χ1n) is 4.48. The number of hydrogen-bond donors (Lipinski definition) is 2. The minimum absolute atomic E-state index is 0.163. The van der Waals surface area contributed by atoms with Crippen LogP contribution in [0.3, 0.4) is 0 Å². The third-order valence-corrected chi connectivity index (χ3v) is 1.60. The molecule has 0 bridgehead atoms. The summed E-state index contributed by atoms with van der Waals surface area (Å²) >= 11 is 0. The molecular formula is C9H17N3O. The molecule has 0 saturated heterocycles. The first-order chi connectivity index (χ1) is 6.07. The fourth-order valence-electron chi connectivity index (χ4n) is 0.988. The van der Waals surface area contributed by atoms with Gasteiger partial charge in [-0.15, -0.1) is 0 Å². The van der Waals surface area contributed by atoms with E-state index < -0.39 is 6.04 Å². The summed E-state index contributed by atoms with van der Waals surface area (Å²) in [5, 5.41) is 10.8. The molecule has 1 atom stereocenters. The van der Waals surface area contributed by atoms with Crippen molar-refractivity contribution in [1.82, 2.24) is 5.32 Å². The summed E-state index contributed by atoms with van der Waals surface area (Å²) in [6.07, 6.45) is 1.01. The van der Waals surface area contributed by atoms with Gasteiger partial charge in [0.1, 0.15) is 0 Å². The van der Waals surface area contributed by atoms with Crippen molar-refractivity contribution in [3.8, 4) is 6.07 Å². The van der Waals surface area contributed by atoms with Crippen LogP contribution in [0.25, 0.3) is 0 Å². The summed E-state index contributed by atoms with van der Waals surface area (Å²) in [6, 6.07) is 1.50. The zero-order valence-electron chi connectivity index (χ0n) is 8.21. The zero-order chi connectivity index (χ0) is 10.3. The SMILES string of the molecule is CC(C)CC(N)C(=O)NCCC#N. The van der Waals surface area contributed by atoms with E-state index in [-0.39, 0.29) is 5.91 Å². The molecule has 0 saturated carbocycles. The maximum absolute atomic E-state index is 11.2. The van der Waals surface area contributed by atoms with Crippen LogP contribution in [0.1, 0.15) is 26.7 Å². The highest BCUT2D eigenvalue weighted by Crippen LogP contribution is 2.02. The lowest BCUT2D eigenvalue weighted by atomic mass is 10.0. The molecule has 0 aromatic carbocycles. The van der Waals surface area contributed by atoms with E-state index in [1.165, 1.54) is 0 Å². The van der Waals surface area contributed by atoms with Gasteiger partial charge in [-0.25, -0.2) is 0 Å². The van der Waals surface area contributed by atoms with Crippen molar-refractivity contribution < 1.29 is 4.79 Å². The van der Waals surface area contributed by atoms with E-state index in [1.807, 2.05) is 19.9 Å². The largest absolute Gasteiger partial charge is 0.354 e. The first kappa shape index (κ1) is 11.9. The first-order valence-corrected chi connectivity index (χ1v) is 4.48. The second-order valence-electron chi connectivity index (χ2n) is 3.44. The van der Waals surface area contributed by atoms with Gasteiger partial charge in [0.25, 0.3) is 0 Å². The normalized spacial score (nSPS) is 12.2. The summed E-state index contributed by atoms with van der Waals surface area (Å²) in [7, 11) is 0. The summed E-state index contributed by atoms with van der Waals surface area (Å²) < 4.78 is 0. The molecule has 0 radical (unpaired) electrons. The van der Waals surface area contributed by atoms with Crippen LogP contribution in [-0.4, -0.2) is 18.5 Å². The Bertz CT molecular complexity index is 196. The summed E-state index contributed by atoms with van der Waals surface area (Å²) in [5.74, 6) is 0.251. The molecule has 74 valence electrons. The molecule has 0 aliphatic rings. The highest BCUT2D eigenvalue weighted by Gasteiger charge is 2.13. The highest BCUT2D eigenvalue weighted by molar-refractivity contribution is 5.81. The predicted molar refractivity (Wildman–Crippen MR) is 50.7 cm³/mol. The lowest BCUT2D eigenvalue weighted by molar-refractivity contribution is -0.122. The molecule has 3 N–H and O–H groups in total. The number of rotatable bonds is 5. The molecule has 0 aliphatic heterocycles. The van der Waals surface area contributed by atoms with E-state index in [2.05, 4.69) is 5.32 Å². The van der Waals surface area contributed by atoms with Gasteiger partial charge in [-0.1, -0.05) is 13.8 Å². The molecule has 4 nitrogen and oxygen atoms in total. The van der Waals surface area contributed by atoms with Crippen LogP contribution in [0, 0.1) is 17.2 Å². The van der Waals surface area contributed by atoms with Crippen molar-refractivity contribution in [1.29, 1.82) is 5.26 Å². The van der Waals surface area contributed by atoms with Crippen LogP contribution in [0.4, 0.5) is 0 Å². The predicted octanol–water partition coefficient (Wildman–Crippen LogP) is 0.390. The Kier molecular flexibility index (Phi) is 5.90. The Morgan fingerprint density at radius 3 is 2.69 bits per heavy atom. The smallest absolute Gasteiger partial charge is 0.236 e. The number of amides is 1. The molecule has 0 aliphatic carbocycles. The standard InChI is InChI=1S/C9H17N3O/c1-7(2)6-8(11)9(13)12-5-3-4-10/h7-8H,3,5-6,11H2,1-2H3,(H,12,13). The van der Waals surface area contributed by atoms with E-state index in [0.29, 0.717) is 25.3 Å². The van der Waals surface area contributed by atoms with Crippen LogP contribution >= 0.6 is 0 Å². The van der Waals surface area contributed by atoms with Crippen molar-refractivity contribution in [2.45, 2.75) is 32.7 Å².